The van der Waals surface area contributed by atoms with Crippen LogP contribution >= 0.6 is 11.6 Å². The van der Waals surface area contributed by atoms with E-state index in [0.717, 1.165) is 0 Å². The smallest absolute Gasteiger partial charge is 0.337 e. The Morgan fingerprint density at radius 2 is 2.10 bits per heavy atom. The van der Waals surface area contributed by atoms with E-state index in [4.69, 9.17) is 21.4 Å². The molecule has 1 aromatic carbocycles. The van der Waals surface area contributed by atoms with Gasteiger partial charge in [-0.2, -0.15) is 0 Å². The van der Waals surface area contributed by atoms with Crippen molar-refractivity contribution in [3.8, 4) is 5.75 Å². The van der Waals surface area contributed by atoms with Gasteiger partial charge in [-0.05, 0) is 31.2 Å². The molecule has 20 heavy (non-hydrogen) atoms. The summed E-state index contributed by atoms with van der Waals surface area (Å²) in [4.78, 5) is 15.1. The Bertz CT molecular complexity index is 659. The Morgan fingerprint density at radius 1 is 1.35 bits per heavy atom. The van der Waals surface area contributed by atoms with Gasteiger partial charge in [-0.3, -0.25) is 0 Å². The Hall–Kier alpha value is -2.27. The first kappa shape index (κ1) is 14.1. The fourth-order valence-electron chi connectivity index (χ4n) is 1.72. The molecular formula is C14H13ClN2O3. The molecule has 2 rings (SSSR count). The fraction of sp³-hybridized carbons (Fsp3) is 0.143. The largest absolute Gasteiger partial charge is 0.497 e. The number of rotatable bonds is 4. The number of hydrogen-bond acceptors (Lipinski definition) is 4. The van der Waals surface area contributed by atoms with Crippen LogP contribution in [0.25, 0.3) is 0 Å². The molecule has 6 heteroatoms. The maximum absolute atomic E-state index is 10.9. The second kappa shape index (κ2) is 5.79. The maximum atomic E-state index is 10.9. The number of nitrogens with zero attached hydrogens (tertiary/aromatic N) is 1. The van der Waals surface area contributed by atoms with Crippen molar-refractivity contribution in [1.82, 2.24) is 4.98 Å². The molecule has 0 fully saturated rings. The summed E-state index contributed by atoms with van der Waals surface area (Å²) in [6, 6.07) is 8.29. The molecule has 0 unspecified atom stereocenters. The number of anilines is 2. The van der Waals surface area contributed by atoms with Crippen LogP contribution in [0.3, 0.4) is 0 Å². The minimum absolute atomic E-state index is 0.173. The van der Waals surface area contributed by atoms with Crippen molar-refractivity contribution >= 4 is 29.1 Å². The quantitative estimate of drug-likeness (QED) is 0.902. The van der Waals surface area contributed by atoms with Crippen molar-refractivity contribution in [2.24, 2.45) is 0 Å². The Balaban J connectivity index is 2.30. The highest BCUT2D eigenvalue weighted by Gasteiger charge is 2.10. The van der Waals surface area contributed by atoms with Crippen molar-refractivity contribution in [1.29, 1.82) is 0 Å². The monoisotopic (exact) mass is 292 g/mol. The zero-order valence-electron chi connectivity index (χ0n) is 11.0. The van der Waals surface area contributed by atoms with Gasteiger partial charge in [0.1, 0.15) is 11.6 Å². The van der Waals surface area contributed by atoms with Crippen molar-refractivity contribution in [3.63, 3.8) is 0 Å². The lowest BCUT2D eigenvalue weighted by Gasteiger charge is -2.10. The molecule has 104 valence electrons. The van der Waals surface area contributed by atoms with Crippen LogP contribution in [0.4, 0.5) is 11.5 Å². The molecule has 5 nitrogen and oxygen atoms in total. The maximum Gasteiger partial charge on any atom is 0.337 e. The summed E-state index contributed by atoms with van der Waals surface area (Å²) in [6.45, 7) is 1.64. The van der Waals surface area contributed by atoms with Crippen molar-refractivity contribution in [3.05, 3.63) is 46.6 Å². The van der Waals surface area contributed by atoms with Gasteiger partial charge < -0.3 is 15.2 Å². The van der Waals surface area contributed by atoms with Gasteiger partial charge in [0, 0.05) is 6.07 Å². The molecule has 0 aliphatic rings. The zero-order chi connectivity index (χ0) is 14.7. The van der Waals surface area contributed by atoms with E-state index in [1.54, 1.807) is 38.3 Å². The minimum atomic E-state index is -0.999. The number of carbonyl (C=O) groups is 1. The van der Waals surface area contributed by atoms with Crippen molar-refractivity contribution in [2.45, 2.75) is 6.92 Å². The number of carboxylic acid groups (broad SMARTS) is 1. The van der Waals surface area contributed by atoms with Gasteiger partial charge in [0.05, 0.1) is 29.1 Å². The first-order chi connectivity index (χ1) is 9.51. The molecule has 0 atom stereocenters. The second-order valence-electron chi connectivity index (χ2n) is 4.11. The molecule has 0 aliphatic heterocycles. The predicted octanol–water partition coefficient (Wildman–Crippen LogP) is 3.49. The topological polar surface area (TPSA) is 71.5 Å². The number of pyridine rings is 1. The van der Waals surface area contributed by atoms with Crippen molar-refractivity contribution in [2.75, 3.05) is 12.4 Å². The lowest BCUT2D eigenvalue weighted by molar-refractivity contribution is 0.0695. The lowest BCUT2D eigenvalue weighted by atomic mass is 10.2. The number of aromatic nitrogens is 1. The van der Waals surface area contributed by atoms with Gasteiger partial charge in [-0.25, -0.2) is 9.78 Å². The molecule has 0 radical (unpaired) electrons. The molecule has 0 aliphatic carbocycles. The first-order valence-electron chi connectivity index (χ1n) is 5.83. The van der Waals surface area contributed by atoms with Gasteiger partial charge in [0.2, 0.25) is 0 Å². The molecule has 0 bridgehead atoms. The average molecular weight is 293 g/mol. The van der Waals surface area contributed by atoms with Gasteiger partial charge >= 0.3 is 5.97 Å². The van der Waals surface area contributed by atoms with Crippen molar-refractivity contribution < 1.29 is 14.6 Å². The number of hydrogen-bond donors (Lipinski definition) is 2. The highest BCUT2D eigenvalue weighted by atomic mass is 35.5. The van der Waals surface area contributed by atoms with E-state index < -0.39 is 5.97 Å². The van der Waals surface area contributed by atoms with E-state index in [9.17, 15) is 4.79 Å². The van der Waals surface area contributed by atoms with E-state index in [2.05, 4.69) is 10.3 Å². The number of nitrogens with one attached hydrogen (secondary N) is 1. The molecule has 0 saturated heterocycles. The molecule has 0 saturated carbocycles. The zero-order valence-corrected chi connectivity index (χ0v) is 11.7. The number of methoxy groups -OCH3 is 1. The minimum Gasteiger partial charge on any atom is -0.497 e. The van der Waals surface area contributed by atoms with Crippen LogP contribution in [0.2, 0.25) is 5.02 Å². The summed E-state index contributed by atoms with van der Waals surface area (Å²) in [7, 11) is 1.57. The summed E-state index contributed by atoms with van der Waals surface area (Å²) >= 11 is 6.08. The van der Waals surface area contributed by atoms with Crippen LogP contribution in [0.1, 0.15) is 16.1 Å². The van der Waals surface area contributed by atoms with E-state index >= 15 is 0 Å². The third kappa shape index (κ3) is 3.00. The van der Waals surface area contributed by atoms with Crippen LogP contribution in [0.5, 0.6) is 5.75 Å². The molecule has 2 aromatic rings. The van der Waals surface area contributed by atoms with Crippen LogP contribution in [0, 0.1) is 6.92 Å². The summed E-state index contributed by atoms with van der Waals surface area (Å²) < 4.78 is 5.13. The van der Waals surface area contributed by atoms with E-state index in [-0.39, 0.29) is 5.56 Å². The average Bonchev–Trinajstić information content (AvgIpc) is 2.41. The highest BCUT2D eigenvalue weighted by molar-refractivity contribution is 6.33. The summed E-state index contributed by atoms with van der Waals surface area (Å²) in [6.07, 6.45) is 0. The van der Waals surface area contributed by atoms with Gasteiger partial charge in [0.15, 0.2) is 0 Å². The second-order valence-corrected chi connectivity index (χ2v) is 4.51. The SMILES string of the molecule is COc1ccc(Cl)c(Nc2ccc(C(=O)O)c(C)n2)c1. The number of aromatic carboxylic acids is 1. The van der Waals surface area contributed by atoms with E-state index in [0.29, 0.717) is 28.0 Å². The highest BCUT2D eigenvalue weighted by Crippen LogP contribution is 2.29. The molecular weight excluding hydrogens is 280 g/mol. The van der Waals surface area contributed by atoms with Crippen LogP contribution in [-0.4, -0.2) is 23.2 Å². The van der Waals surface area contributed by atoms with Crippen LogP contribution < -0.4 is 10.1 Å². The Kier molecular flexibility index (Phi) is 4.10. The third-order valence-corrected chi connectivity index (χ3v) is 3.08. The first-order valence-corrected chi connectivity index (χ1v) is 6.20. The standard InChI is InChI=1S/C14H13ClN2O3/c1-8-10(14(18)19)4-6-13(16-8)17-12-7-9(20-2)3-5-11(12)15/h3-7H,1-2H3,(H,16,17)(H,18,19). The van der Waals surface area contributed by atoms with Gasteiger partial charge in [-0.1, -0.05) is 11.6 Å². The van der Waals surface area contributed by atoms with Crippen LogP contribution in [0.15, 0.2) is 30.3 Å². The van der Waals surface area contributed by atoms with Gasteiger partial charge in [0.25, 0.3) is 0 Å². The Morgan fingerprint density at radius 3 is 2.70 bits per heavy atom. The lowest BCUT2D eigenvalue weighted by Crippen LogP contribution is -2.03. The molecule has 0 spiro atoms. The number of aryl methyl sites for hydroxylation is 1. The molecule has 2 N–H and O–H groups in total. The Labute approximate surface area is 121 Å². The molecule has 0 amide bonds. The van der Waals surface area contributed by atoms with Gasteiger partial charge in [-0.15, -0.1) is 0 Å². The van der Waals surface area contributed by atoms with Crippen LogP contribution in [-0.2, 0) is 0 Å². The normalized spacial score (nSPS) is 10.2. The molecule has 1 aromatic heterocycles. The number of halogens is 1. The number of carboxylic acids is 1. The summed E-state index contributed by atoms with van der Waals surface area (Å²) in [5.74, 6) is 0.180. The number of ether oxygens (including phenoxy) is 1. The summed E-state index contributed by atoms with van der Waals surface area (Å²) in [5, 5.41) is 12.5. The van der Waals surface area contributed by atoms with E-state index in [1.807, 2.05) is 0 Å². The van der Waals surface area contributed by atoms with E-state index in [1.165, 1.54) is 6.07 Å². The molecule has 1 heterocycles. The summed E-state index contributed by atoms with van der Waals surface area (Å²) in [5.41, 5.74) is 1.25. The number of benzene rings is 1. The fourth-order valence-corrected chi connectivity index (χ4v) is 1.89. The predicted molar refractivity (Wildman–Crippen MR) is 77.2 cm³/mol. The third-order valence-electron chi connectivity index (χ3n) is 2.75.